The molecule has 26 heavy (non-hydrogen) atoms. The highest BCUT2D eigenvalue weighted by Crippen LogP contribution is 2.19. The predicted octanol–water partition coefficient (Wildman–Crippen LogP) is 2.37. The normalized spacial score (nSPS) is 12.2. The molecular formula is C19H18N6O. The van der Waals surface area contributed by atoms with Gasteiger partial charge in [0.2, 0.25) is 5.91 Å². The number of aromatic nitrogens is 5. The van der Waals surface area contributed by atoms with Crippen LogP contribution in [-0.4, -0.2) is 31.1 Å². The summed E-state index contributed by atoms with van der Waals surface area (Å²) in [4.78, 5) is 16.1. The molecule has 2 N–H and O–H groups in total. The molecule has 1 amide bonds. The number of carbonyl (C=O) groups is 1. The van der Waals surface area contributed by atoms with Crippen LogP contribution in [0.4, 0.5) is 0 Å². The Hall–Kier alpha value is -3.48. The Kier molecular flexibility index (Phi) is 4.18. The van der Waals surface area contributed by atoms with Crippen LogP contribution in [0, 0.1) is 6.92 Å². The maximum atomic E-state index is 12.8. The van der Waals surface area contributed by atoms with Crippen molar-refractivity contribution in [1.29, 1.82) is 0 Å². The van der Waals surface area contributed by atoms with E-state index in [9.17, 15) is 4.79 Å². The molecule has 2 heterocycles. The van der Waals surface area contributed by atoms with E-state index in [1.807, 2.05) is 49.4 Å². The van der Waals surface area contributed by atoms with Gasteiger partial charge in [-0.05, 0) is 52.1 Å². The SMILES string of the molecule is Cc1cc2cc(CNC(=O)[C@@H](c3ccccc3)n3cnnn3)ccc2[nH]1. The molecule has 1 atom stereocenters. The highest BCUT2D eigenvalue weighted by molar-refractivity contribution is 5.84. The molecule has 2 aromatic heterocycles. The third-order valence-corrected chi connectivity index (χ3v) is 4.28. The number of benzene rings is 2. The van der Waals surface area contributed by atoms with Gasteiger partial charge in [-0.25, -0.2) is 4.68 Å². The number of rotatable bonds is 5. The fraction of sp³-hybridized carbons (Fsp3) is 0.158. The lowest BCUT2D eigenvalue weighted by Crippen LogP contribution is -2.33. The van der Waals surface area contributed by atoms with Gasteiger partial charge in [0.05, 0.1) is 0 Å². The number of nitrogens with zero attached hydrogens (tertiary/aromatic N) is 4. The minimum Gasteiger partial charge on any atom is -0.359 e. The lowest BCUT2D eigenvalue weighted by molar-refractivity contribution is -0.123. The van der Waals surface area contributed by atoms with E-state index in [1.54, 1.807) is 0 Å². The van der Waals surface area contributed by atoms with E-state index in [0.29, 0.717) is 6.54 Å². The number of hydrogen-bond donors (Lipinski definition) is 2. The van der Waals surface area contributed by atoms with Crippen LogP contribution in [0.25, 0.3) is 10.9 Å². The number of aromatic amines is 1. The topological polar surface area (TPSA) is 88.5 Å². The van der Waals surface area contributed by atoms with E-state index in [4.69, 9.17) is 0 Å². The van der Waals surface area contributed by atoms with E-state index in [0.717, 1.165) is 27.7 Å². The average Bonchev–Trinajstić information content (AvgIpc) is 3.29. The van der Waals surface area contributed by atoms with Crippen LogP contribution < -0.4 is 5.32 Å². The molecule has 7 heteroatoms. The first-order valence-electron chi connectivity index (χ1n) is 8.34. The Balaban J connectivity index is 1.54. The zero-order valence-corrected chi connectivity index (χ0v) is 14.3. The number of hydrogen-bond acceptors (Lipinski definition) is 4. The van der Waals surface area contributed by atoms with Gasteiger partial charge in [0.1, 0.15) is 6.33 Å². The first-order valence-corrected chi connectivity index (χ1v) is 8.34. The fourth-order valence-corrected chi connectivity index (χ4v) is 3.07. The summed E-state index contributed by atoms with van der Waals surface area (Å²) in [5, 5.41) is 15.3. The van der Waals surface area contributed by atoms with Crippen molar-refractivity contribution in [3.05, 3.63) is 77.7 Å². The predicted molar refractivity (Wildman–Crippen MR) is 97.3 cm³/mol. The smallest absolute Gasteiger partial charge is 0.249 e. The van der Waals surface area contributed by atoms with Crippen LogP contribution in [-0.2, 0) is 11.3 Å². The molecule has 0 radical (unpaired) electrons. The van der Waals surface area contributed by atoms with Gasteiger partial charge >= 0.3 is 0 Å². The van der Waals surface area contributed by atoms with Crippen LogP contribution in [0.5, 0.6) is 0 Å². The van der Waals surface area contributed by atoms with Gasteiger partial charge in [-0.2, -0.15) is 0 Å². The minimum absolute atomic E-state index is 0.158. The Morgan fingerprint density at radius 1 is 1.19 bits per heavy atom. The summed E-state index contributed by atoms with van der Waals surface area (Å²) >= 11 is 0. The summed E-state index contributed by atoms with van der Waals surface area (Å²) in [7, 11) is 0. The Bertz CT molecular complexity index is 1020. The molecule has 0 aliphatic rings. The molecule has 0 unspecified atom stereocenters. The first kappa shape index (κ1) is 16.0. The largest absolute Gasteiger partial charge is 0.359 e. The number of H-pyrrole nitrogens is 1. The monoisotopic (exact) mass is 346 g/mol. The second-order valence-corrected chi connectivity index (χ2v) is 6.19. The number of aryl methyl sites for hydroxylation is 1. The molecule has 0 saturated carbocycles. The Morgan fingerprint density at radius 2 is 2.04 bits per heavy atom. The van der Waals surface area contributed by atoms with Gasteiger partial charge in [0.25, 0.3) is 0 Å². The number of nitrogens with one attached hydrogen (secondary N) is 2. The van der Waals surface area contributed by atoms with Crippen LogP contribution in [0.2, 0.25) is 0 Å². The standard InChI is InChI=1S/C19H18N6O/c1-13-9-16-10-14(7-8-17(16)22-13)11-20-19(26)18(25-12-21-23-24-25)15-5-3-2-4-6-15/h2-10,12,18,22H,11H2,1H3,(H,20,26)/t18-/m1/s1. The molecule has 0 bridgehead atoms. The van der Waals surface area contributed by atoms with Crippen molar-refractivity contribution in [3.8, 4) is 0 Å². The molecule has 2 aromatic carbocycles. The summed E-state index contributed by atoms with van der Waals surface area (Å²) in [5.74, 6) is -0.158. The van der Waals surface area contributed by atoms with E-state index < -0.39 is 6.04 Å². The Labute approximate surface area is 150 Å². The maximum Gasteiger partial charge on any atom is 0.249 e. The molecule has 130 valence electrons. The van der Waals surface area contributed by atoms with Gasteiger partial charge in [-0.1, -0.05) is 36.4 Å². The summed E-state index contributed by atoms with van der Waals surface area (Å²) in [6, 6.07) is 17.1. The van der Waals surface area contributed by atoms with Crippen molar-refractivity contribution >= 4 is 16.8 Å². The molecule has 7 nitrogen and oxygen atoms in total. The molecule has 0 saturated heterocycles. The van der Waals surface area contributed by atoms with Crippen molar-refractivity contribution < 1.29 is 4.79 Å². The third kappa shape index (κ3) is 3.19. The highest BCUT2D eigenvalue weighted by atomic mass is 16.2. The molecule has 0 spiro atoms. The molecular weight excluding hydrogens is 328 g/mol. The van der Waals surface area contributed by atoms with Crippen LogP contribution in [0.1, 0.15) is 22.9 Å². The van der Waals surface area contributed by atoms with Crippen LogP contribution in [0.15, 0.2) is 60.9 Å². The molecule has 4 aromatic rings. The quantitative estimate of drug-likeness (QED) is 0.581. The van der Waals surface area contributed by atoms with Gasteiger partial charge in [0.15, 0.2) is 6.04 Å². The summed E-state index contributed by atoms with van der Waals surface area (Å²) < 4.78 is 1.46. The zero-order valence-electron chi connectivity index (χ0n) is 14.3. The molecule has 0 fully saturated rings. The maximum absolute atomic E-state index is 12.8. The van der Waals surface area contributed by atoms with Crippen molar-refractivity contribution in [3.63, 3.8) is 0 Å². The van der Waals surface area contributed by atoms with E-state index in [-0.39, 0.29) is 5.91 Å². The van der Waals surface area contributed by atoms with Gasteiger partial charge < -0.3 is 10.3 Å². The number of carbonyl (C=O) groups excluding carboxylic acids is 1. The Morgan fingerprint density at radius 3 is 2.81 bits per heavy atom. The number of fused-ring (bicyclic) bond motifs is 1. The van der Waals surface area contributed by atoms with Gasteiger partial charge in [-0.3, -0.25) is 4.79 Å². The molecule has 0 aliphatic heterocycles. The first-order chi connectivity index (χ1) is 12.7. The van der Waals surface area contributed by atoms with Crippen molar-refractivity contribution in [2.24, 2.45) is 0 Å². The lowest BCUT2D eigenvalue weighted by atomic mass is 10.1. The van der Waals surface area contributed by atoms with Gasteiger partial charge in [-0.15, -0.1) is 5.10 Å². The van der Waals surface area contributed by atoms with E-state index >= 15 is 0 Å². The average molecular weight is 346 g/mol. The number of tetrazole rings is 1. The molecule has 0 aliphatic carbocycles. The minimum atomic E-state index is -0.607. The zero-order chi connectivity index (χ0) is 17.9. The van der Waals surface area contributed by atoms with E-state index in [1.165, 1.54) is 11.0 Å². The highest BCUT2D eigenvalue weighted by Gasteiger charge is 2.23. The summed E-state index contributed by atoms with van der Waals surface area (Å²) in [5.41, 5.74) is 4.07. The second kappa shape index (κ2) is 6.79. The second-order valence-electron chi connectivity index (χ2n) is 6.19. The van der Waals surface area contributed by atoms with Crippen molar-refractivity contribution in [1.82, 2.24) is 30.5 Å². The van der Waals surface area contributed by atoms with Gasteiger partial charge in [0, 0.05) is 17.8 Å². The van der Waals surface area contributed by atoms with Crippen LogP contribution >= 0.6 is 0 Å². The summed E-state index contributed by atoms with van der Waals surface area (Å²) in [6.07, 6.45) is 1.45. The third-order valence-electron chi connectivity index (χ3n) is 4.28. The van der Waals surface area contributed by atoms with Crippen molar-refractivity contribution in [2.45, 2.75) is 19.5 Å². The van der Waals surface area contributed by atoms with Crippen molar-refractivity contribution in [2.75, 3.05) is 0 Å². The molecule has 4 rings (SSSR count). The lowest BCUT2D eigenvalue weighted by Gasteiger charge is -2.16. The summed E-state index contributed by atoms with van der Waals surface area (Å²) in [6.45, 7) is 2.46. The van der Waals surface area contributed by atoms with E-state index in [2.05, 4.69) is 38.0 Å². The number of amides is 1. The van der Waals surface area contributed by atoms with Crippen LogP contribution in [0.3, 0.4) is 0 Å². The fourth-order valence-electron chi connectivity index (χ4n) is 3.07.